The molecule has 0 aromatic heterocycles. The highest BCUT2D eigenvalue weighted by atomic mass is 31.2. The van der Waals surface area contributed by atoms with Crippen LogP contribution in [0, 0.1) is 6.92 Å². The third-order valence-electron chi connectivity index (χ3n) is 6.23. The smallest absolute Gasteiger partial charge is 0.241 e. The number of primary amides is 1. The van der Waals surface area contributed by atoms with Crippen LogP contribution in [0.5, 0.6) is 0 Å². The highest BCUT2D eigenvalue weighted by Crippen LogP contribution is 2.53. The highest BCUT2D eigenvalue weighted by Gasteiger charge is 2.25. The largest absolute Gasteiger partial charge is 0.366 e. The topological polar surface area (TPSA) is 60.2 Å². The van der Waals surface area contributed by atoms with Crippen LogP contribution < -0.4 is 5.73 Å². The Morgan fingerprint density at radius 3 is 2.22 bits per heavy atom. The van der Waals surface area contributed by atoms with E-state index < -0.39 is 13.0 Å². The summed E-state index contributed by atoms with van der Waals surface area (Å²) in [6, 6.07) is 23.0. The summed E-state index contributed by atoms with van der Waals surface area (Å²) in [6.07, 6.45) is 9.04. The maximum atomic E-state index is 13.2. The van der Waals surface area contributed by atoms with Crippen molar-refractivity contribution in [1.29, 1.82) is 0 Å². The average Bonchev–Trinajstić information content (AvgIpc) is 2.79. The molecule has 1 aliphatic heterocycles. The van der Waals surface area contributed by atoms with Crippen molar-refractivity contribution in [2.75, 3.05) is 12.3 Å². The van der Waals surface area contributed by atoms with Gasteiger partial charge in [-0.2, -0.15) is 0 Å². The van der Waals surface area contributed by atoms with E-state index in [-0.39, 0.29) is 0 Å². The first-order valence-electron chi connectivity index (χ1n) is 11.3. The Balaban J connectivity index is 1.74. The molecule has 0 radical (unpaired) electrons. The van der Waals surface area contributed by atoms with Gasteiger partial charge in [-0.3, -0.25) is 4.79 Å². The zero-order valence-electron chi connectivity index (χ0n) is 18.6. The average molecular weight is 444 g/mol. The normalized spacial score (nSPS) is 15.7. The Hall–Kier alpha value is -2.90. The van der Waals surface area contributed by atoms with Crippen LogP contribution in [0.1, 0.15) is 36.0 Å². The maximum Gasteiger partial charge on any atom is 0.241 e. The van der Waals surface area contributed by atoms with E-state index in [0.29, 0.717) is 6.16 Å². The molecule has 3 aromatic carbocycles. The van der Waals surface area contributed by atoms with Crippen LogP contribution in [0.4, 0.5) is 0 Å². The van der Waals surface area contributed by atoms with Crippen molar-refractivity contribution < 1.29 is 9.36 Å². The molecule has 0 saturated carbocycles. The first-order valence-corrected chi connectivity index (χ1v) is 13.5. The van der Waals surface area contributed by atoms with Gasteiger partial charge in [-0.05, 0) is 59.2 Å². The second kappa shape index (κ2) is 9.71. The van der Waals surface area contributed by atoms with E-state index in [1.807, 2.05) is 12.1 Å². The Kier molecular flexibility index (Phi) is 6.77. The van der Waals surface area contributed by atoms with Crippen molar-refractivity contribution in [2.45, 2.75) is 32.3 Å². The summed E-state index contributed by atoms with van der Waals surface area (Å²) < 4.78 is 13.2. The Labute approximate surface area is 190 Å². The summed E-state index contributed by atoms with van der Waals surface area (Å²) in [5.74, 6) is -0.468. The van der Waals surface area contributed by atoms with Crippen molar-refractivity contribution in [3.63, 3.8) is 0 Å². The highest BCUT2D eigenvalue weighted by molar-refractivity contribution is 7.63. The van der Waals surface area contributed by atoms with Gasteiger partial charge in [0.2, 0.25) is 5.91 Å². The summed E-state index contributed by atoms with van der Waals surface area (Å²) in [4.78, 5) is 11.4. The fraction of sp³-hybridized carbons (Fsp3) is 0.250. The molecule has 0 aliphatic carbocycles. The van der Waals surface area contributed by atoms with Crippen LogP contribution in [-0.4, -0.2) is 18.2 Å². The summed E-state index contributed by atoms with van der Waals surface area (Å²) in [7, 11) is -2.08. The number of rotatable bonds is 6. The lowest BCUT2D eigenvalue weighted by Crippen LogP contribution is -2.05. The van der Waals surface area contributed by atoms with Crippen LogP contribution >= 0.6 is 7.14 Å². The van der Waals surface area contributed by atoms with Crippen LogP contribution in [0.2, 0.25) is 0 Å². The molecule has 1 aliphatic rings. The van der Waals surface area contributed by atoms with Crippen LogP contribution in [0.25, 0.3) is 28.3 Å². The van der Waals surface area contributed by atoms with E-state index in [4.69, 9.17) is 5.73 Å². The first kappa shape index (κ1) is 22.3. The van der Waals surface area contributed by atoms with Crippen LogP contribution in [-0.2, 0) is 15.5 Å². The second-order valence-electron chi connectivity index (χ2n) is 8.79. The molecule has 0 bridgehead atoms. The third kappa shape index (κ3) is 5.29. The second-order valence-corrected chi connectivity index (χ2v) is 12.1. The number of carbonyl (C=O) groups is 1. The number of hydrogen-bond donors (Lipinski definition) is 1. The van der Waals surface area contributed by atoms with Gasteiger partial charge < -0.3 is 10.3 Å². The standard InChI is InChI=1S/C28H30NO2P/c1-21-8-12-23(13-9-21)26-7-5-6-24(16-17-27(29)30)28(26)25-14-10-22(11-15-25)20-32(31)18-3-2-4-19-32/h5-17H,2-4,18-20H2,1H3,(H2,29,30)/b17-16+. The summed E-state index contributed by atoms with van der Waals surface area (Å²) in [6.45, 7) is 2.08. The molecule has 32 heavy (non-hydrogen) atoms. The van der Waals surface area contributed by atoms with Crippen molar-refractivity contribution in [3.05, 3.63) is 89.5 Å². The fourth-order valence-electron chi connectivity index (χ4n) is 4.53. The molecule has 4 heteroatoms. The number of aryl methyl sites for hydroxylation is 1. The Morgan fingerprint density at radius 2 is 1.56 bits per heavy atom. The molecule has 0 atom stereocenters. The van der Waals surface area contributed by atoms with Gasteiger partial charge in [0.1, 0.15) is 0 Å². The van der Waals surface area contributed by atoms with E-state index in [2.05, 4.69) is 61.5 Å². The van der Waals surface area contributed by atoms with Crippen LogP contribution in [0.15, 0.2) is 72.8 Å². The molecule has 2 N–H and O–H groups in total. The minimum absolute atomic E-state index is 0.468. The van der Waals surface area contributed by atoms with E-state index in [9.17, 15) is 9.36 Å². The van der Waals surface area contributed by atoms with Crippen molar-refractivity contribution in [3.8, 4) is 22.3 Å². The van der Waals surface area contributed by atoms with Crippen molar-refractivity contribution in [2.24, 2.45) is 5.73 Å². The van der Waals surface area contributed by atoms with E-state index in [1.54, 1.807) is 6.08 Å². The van der Waals surface area contributed by atoms with Crippen LogP contribution in [0.3, 0.4) is 0 Å². The number of benzene rings is 3. The van der Waals surface area contributed by atoms with Gasteiger partial charge in [0.15, 0.2) is 0 Å². The Bertz CT molecular complexity index is 1170. The molecule has 1 heterocycles. The third-order valence-corrected chi connectivity index (χ3v) is 9.43. The molecule has 4 rings (SSSR count). The lowest BCUT2D eigenvalue weighted by Gasteiger charge is -2.23. The molecule has 3 aromatic rings. The van der Waals surface area contributed by atoms with Gasteiger partial charge in [0.05, 0.1) is 7.14 Å². The maximum absolute atomic E-state index is 13.2. The predicted molar refractivity (Wildman–Crippen MR) is 135 cm³/mol. The number of carbonyl (C=O) groups excluding carboxylic acids is 1. The molecule has 1 fully saturated rings. The molecular formula is C28H30NO2P. The minimum atomic E-state index is -2.08. The summed E-state index contributed by atoms with van der Waals surface area (Å²) in [5, 5.41) is 0. The molecule has 3 nitrogen and oxygen atoms in total. The van der Waals surface area contributed by atoms with Gasteiger partial charge >= 0.3 is 0 Å². The molecule has 1 amide bonds. The molecule has 164 valence electrons. The lowest BCUT2D eigenvalue weighted by atomic mass is 9.89. The number of amides is 1. The van der Waals surface area contributed by atoms with E-state index >= 15 is 0 Å². The number of hydrogen-bond acceptors (Lipinski definition) is 2. The zero-order valence-corrected chi connectivity index (χ0v) is 19.5. The lowest BCUT2D eigenvalue weighted by molar-refractivity contribution is -0.113. The summed E-state index contributed by atoms with van der Waals surface area (Å²) in [5.41, 5.74) is 13.0. The quantitative estimate of drug-likeness (QED) is 0.334. The molecule has 0 spiro atoms. The van der Waals surface area contributed by atoms with Gasteiger partial charge in [0.25, 0.3) is 0 Å². The van der Waals surface area contributed by atoms with Crippen molar-refractivity contribution in [1.82, 2.24) is 0 Å². The predicted octanol–water partition coefficient (Wildman–Crippen LogP) is 6.87. The van der Waals surface area contributed by atoms with E-state index in [1.165, 1.54) is 18.1 Å². The van der Waals surface area contributed by atoms with Gasteiger partial charge in [-0.1, -0.05) is 78.7 Å². The molecule has 0 unspecified atom stereocenters. The number of nitrogens with two attached hydrogens (primary N) is 1. The zero-order chi connectivity index (χ0) is 22.6. The summed E-state index contributed by atoms with van der Waals surface area (Å²) >= 11 is 0. The fourth-order valence-corrected chi connectivity index (χ4v) is 7.55. The van der Waals surface area contributed by atoms with Crippen molar-refractivity contribution >= 4 is 19.1 Å². The first-order chi connectivity index (χ1) is 15.4. The van der Waals surface area contributed by atoms with Gasteiger partial charge in [0, 0.05) is 24.6 Å². The monoisotopic (exact) mass is 443 g/mol. The molecule has 1 saturated heterocycles. The SMILES string of the molecule is Cc1ccc(-c2cccc(/C=C/C(N)=O)c2-c2ccc(CP3(=O)CCCCC3)cc2)cc1. The van der Waals surface area contributed by atoms with Gasteiger partial charge in [-0.15, -0.1) is 0 Å². The van der Waals surface area contributed by atoms with Gasteiger partial charge in [-0.25, -0.2) is 0 Å². The van der Waals surface area contributed by atoms with E-state index in [0.717, 1.165) is 58.5 Å². The Morgan fingerprint density at radius 1 is 0.906 bits per heavy atom. The molecular weight excluding hydrogens is 413 g/mol. The minimum Gasteiger partial charge on any atom is -0.366 e.